The molecule has 1 aromatic rings. The first-order valence-corrected chi connectivity index (χ1v) is 8.00. The molecule has 0 saturated carbocycles. The lowest BCUT2D eigenvalue weighted by Gasteiger charge is -2.38. The maximum absolute atomic E-state index is 14.1. The number of hydrogen-bond donors (Lipinski definition) is 1. The molecule has 0 aliphatic carbocycles. The molecule has 21 heavy (non-hydrogen) atoms. The first-order chi connectivity index (χ1) is 10.1. The Bertz CT molecular complexity index is 450. The smallest absolute Gasteiger partial charge is 0.127 e. The highest BCUT2D eigenvalue weighted by atomic mass is 19.1. The van der Waals surface area contributed by atoms with Gasteiger partial charge < -0.3 is 10.2 Å². The Balaban J connectivity index is 1.99. The summed E-state index contributed by atoms with van der Waals surface area (Å²) >= 11 is 0. The van der Waals surface area contributed by atoms with Gasteiger partial charge in [0.25, 0.3) is 0 Å². The average molecular weight is 293 g/mol. The van der Waals surface area contributed by atoms with Gasteiger partial charge in [0.2, 0.25) is 0 Å². The Morgan fingerprint density at radius 2 is 2.14 bits per heavy atom. The van der Waals surface area contributed by atoms with Crippen LogP contribution in [0.5, 0.6) is 0 Å². The molecule has 1 fully saturated rings. The van der Waals surface area contributed by atoms with Gasteiger partial charge in [-0.15, -0.1) is 0 Å². The molecule has 2 rings (SSSR count). The van der Waals surface area contributed by atoms with Crippen molar-refractivity contribution in [1.82, 2.24) is 15.1 Å². The second-order valence-corrected chi connectivity index (χ2v) is 6.18. The maximum Gasteiger partial charge on any atom is 0.127 e. The number of hydrogen-bond acceptors (Lipinski definition) is 3. The first kappa shape index (κ1) is 16.4. The van der Waals surface area contributed by atoms with Gasteiger partial charge in [0, 0.05) is 44.3 Å². The maximum atomic E-state index is 14.1. The molecule has 1 aliphatic rings. The van der Waals surface area contributed by atoms with Crippen LogP contribution >= 0.6 is 0 Å². The van der Waals surface area contributed by atoms with Crippen molar-refractivity contribution in [1.29, 1.82) is 0 Å². The van der Waals surface area contributed by atoms with Crippen LogP contribution < -0.4 is 5.32 Å². The van der Waals surface area contributed by atoms with E-state index in [9.17, 15) is 4.39 Å². The van der Waals surface area contributed by atoms with Crippen LogP contribution in [0.2, 0.25) is 0 Å². The fraction of sp³-hybridized carbons (Fsp3) is 0.647. The first-order valence-electron chi connectivity index (χ1n) is 8.00. The number of benzene rings is 1. The summed E-state index contributed by atoms with van der Waals surface area (Å²) in [6, 6.07) is 5.99. The standard InChI is InChI=1S/C17H28FN3/c1-4-7-19-11-15-5-6-17(18)16(10-15)13-21-9-8-20(3)12-14(21)2/h5-6,10,14,19H,4,7-9,11-13H2,1-3H3. The van der Waals surface area contributed by atoms with Crippen molar-refractivity contribution in [2.75, 3.05) is 33.2 Å². The van der Waals surface area contributed by atoms with Crippen molar-refractivity contribution in [3.63, 3.8) is 0 Å². The van der Waals surface area contributed by atoms with Crippen molar-refractivity contribution in [3.05, 3.63) is 35.1 Å². The van der Waals surface area contributed by atoms with Gasteiger partial charge in [-0.25, -0.2) is 4.39 Å². The van der Waals surface area contributed by atoms with Crippen molar-refractivity contribution >= 4 is 0 Å². The molecular formula is C17H28FN3. The van der Waals surface area contributed by atoms with E-state index in [0.717, 1.165) is 44.7 Å². The SMILES string of the molecule is CCCNCc1ccc(F)c(CN2CCN(C)CC2C)c1. The molecule has 0 radical (unpaired) electrons. The van der Waals surface area contributed by atoms with Crippen molar-refractivity contribution in [3.8, 4) is 0 Å². The van der Waals surface area contributed by atoms with E-state index in [1.54, 1.807) is 6.07 Å². The number of halogens is 1. The highest BCUT2D eigenvalue weighted by Crippen LogP contribution is 2.17. The molecule has 1 aromatic carbocycles. The Hall–Kier alpha value is -0.970. The zero-order valence-electron chi connectivity index (χ0n) is 13.5. The number of piperazine rings is 1. The molecule has 1 saturated heterocycles. The third-order valence-electron chi connectivity index (χ3n) is 4.21. The van der Waals surface area contributed by atoms with Gasteiger partial charge in [-0.1, -0.05) is 19.1 Å². The minimum Gasteiger partial charge on any atom is -0.313 e. The molecule has 1 unspecified atom stereocenters. The molecule has 118 valence electrons. The summed E-state index contributed by atoms with van der Waals surface area (Å²) in [5.74, 6) is -0.0830. The van der Waals surface area contributed by atoms with Crippen LogP contribution in [0.25, 0.3) is 0 Å². The number of rotatable bonds is 6. The van der Waals surface area contributed by atoms with Crippen LogP contribution in [0.1, 0.15) is 31.4 Å². The zero-order valence-corrected chi connectivity index (χ0v) is 13.5. The van der Waals surface area contributed by atoms with Crippen LogP contribution in [-0.4, -0.2) is 49.1 Å². The summed E-state index contributed by atoms with van der Waals surface area (Å²) in [5, 5.41) is 3.37. The van der Waals surface area contributed by atoms with Gasteiger partial charge in [0.1, 0.15) is 5.82 Å². The van der Waals surface area contributed by atoms with Crippen LogP contribution in [-0.2, 0) is 13.1 Å². The second kappa shape index (κ2) is 7.87. The van der Waals surface area contributed by atoms with E-state index >= 15 is 0 Å². The molecule has 1 atom stereocenters. The van der Waals surface area contributed by atoms with Gasteiger partial charge in [0.05, 0.1) is 0 Å². The third kappa shape index (κ3) is 4.77. The van der Waals surface area contributed by atoms with E-state index in [4.69, 9.17) is 0 Å². The number of likely N-dealkylation sites (N-methyl/N-ethyl adjacent to an activating group) is 1. The lowest BCUT2D eigenvalue weighted by molar-refractivity contribution is 0.0928. The molecule has 3 nitrogen and oxygen atoms in total. The highest BCUT2D eigenvalue weighted by Gasteiger charge is 2.22. The molecule has 1 heterocycles. The molecule has 4 heteroatoms. The Kier molecular flexibility index (Phi) is 6.15. The van der Waals surface area contributed by atoms with E-state index in [1.165, 1.54) is 5.56 Å². The van der Waals surface area contributed by atoms with E-state index in [1.807, 2.05) is 12.1 Å². The van der Waals surface area contributed by atoms with Crippen LogP contribution in [0, 0.1) is 5.82 Å². The molecule has 1 N–H and O–H groups in total. The van der Waals surface area contributed by atoms with E-state index in [2.05, 4.69) is 36.0 Å². The lowest BCUT2D eigenvalue weighted by Crippen LogP contribution is -2.49. The lowest BCUT2D eigenvalue weighted by atomic mass is 10.1. The monoisotopic (exact) mass is 293 g/mol. The minimum absolute atomic E-state index is 0.0830. The summed E-state index contributed by atoms with van der Waals surface area (Å²) in [6.07, 6.45) is 1.12. The molecule has 0 spiro atoms. The van der Waals surface area contributed by atoms with Crippen LogP contribution in [0.4, 0.5) is 4.39 Å². The summed E-state index contributed by atoms with van der Waals surface area (Å²) in [6.45, 7) is 10.0. The van der Waals surface area contributed by atoms with Gasteiger partial charge in [-0.2, -0.15) is 0 Å². The van der Waals surface area contributed by atoms with E-state index in [-0.39, 0.29) is 5.82 Å². The fourth-order valence-electron chi connectivity index (χ4n) is 2.90. The normalized spacial score (nSPS) is 20.9. The molecule has 0 aromatic heterocycles. The van der Waals surface area contributed by atoms with Crippen molar-refractivity contribution in [2.45, 2.75) is 39.4 Å². The molecule has 0 amide bonds. The highest BCUT2D eigenvalue weighted by molar-refractivity contribution is 5.25. The number of nitrogens with one attached hydrogen (secondary N) is 1. The summed E-state index contributed by atoms with van der Waals surface area (Å²) in [5.41, 5.74) is 1.99. The summed E-state index contributed by atoms with van der Waals surface area (Å²) < 4.78 is 14.1. The van der Waals surface area contributed by atoms with E-state index in [0.29, 0.717) is 12.6 Å². The van der Waals surface area contributed by atoms with Gasteiger partial charge in [0.15, 0.2) is 0 Å². The Labute approximate surface area is 128 Å². The second-order valence-electron chi connectivity index (χ2n) is 6.18. The predicted octanol–water partition coefficient (Wildman–Crippen LogP) is 2.46. The Morgan fingerprint density at radius 3 is 2.86 bits per heavy atom. The summed E-state index contributed by atoms with van der Waals surface area (Å²) in [7, 11) is 2.15. The topological polar surface area (TPSA) is 18.5 Å². The van der Waals surface area contributed by atoms with Gasteiger partial charge in [-0.05, 0) is 38.6 Å². The van der Waals surface area contributed by atoms with Gasteiger partial charge >= 0.3 is 0 Å². The van der Waals surface area contributed by atoms with Gasteiger partial charge in [-0.3, -0.25) is 4.90 Å². The molecule has 1 aliphatic heterocycles. The van der Waals surface area contributed by atoms with Crippen molar-refractivity contribution in [2.24, 2.45) is 0 Å². The van der Waals surface area contributed by atoms with Crippen LogP contribution in [0.3, 0.4) is 0 Å². The average Bonchev–Trinajstić information content (AvgIpc) is 2.45. The molecule has 0 bridgehead atoms. The molecular weight excluding hydrogens is 265 g/mol. The minimum atomic E-state index is -0.0830. The van der Waals surface area contributed by atoms with Crippen molar-refractivity contribution < 1.29 is 4.39 Å². The predicted molar refractivity (Wildman–Crippen MR) is 85.8 cm³/mol. The Morgan fingerprint density at radius 1 is 1.33 bits per heavy atom. The van der Waals surface area contributed by atoms with E-state index < -0.39 is 0 Å². The zero-order chi connectivity index (χ0) is 15.2. The quantitative estimate of drug-likeness (QED) is 0.813. The third-order valence-corrected chi connectivity index (χ3v) is 4.21. The fourth-order valence-corrected chi connectivity index (χ4v) is 2.90. The number of nitrogens with zero attached hydrogens (tertiary/aromatic N) is 2. The summed E-state index contributed by atoms with van der Waals surface area (Å²) in [4.78, 5) is 4.71. The van der Waals surface area contributed by atoms with Crippen LogP contribution in [0.15, 0.2) is 18.2 Å². The largest absolute Gasteiger partial charge is 0.313 e.